The molecule has 0 atom stereocenters. The SMILES string of the molecule is C=C(CNC)/C(=N\C=C/N)NC(C)C. The van der Waals surface area contributed by atoms with E-state index in [4.69, 9.17) is 5.73 Å². The second-order valence-corrected chi connectivity index (χ2v) is 3.25. The topological polar surface area (TPSA) is 62.4 Å². The van der Waals surface area contributed by atoms with Crippen LogP contribution in [0.2, 0.25) is 0 Å². The summed E-state index contributed by atoms with van der Waals surface area (Å²) in [5.74, 6) is 0.774. The largest absolute Gasteiger partial charge is 0.403 e. The van der Waals surface area contributed by atoms with Crippen LogP contribution in [-0.2, 0) is 0 Å². The summed E-state index contributed by atoms with van der Waals surface area (Å²) < 4.78 is 0. The summed E-state index contributed by atoms with van der Waals surface area (Å²) in [6.07, 6.45) is 2.94. The molecule has 0 unspecified atom stereocenters. The molecule has 0 aliphatic carbocycles. The Morgan fingerprint density at radius 1 is 1.57 bits per heavy atom. The monoisotopic (exact) mass is 196 g/mol. The maximum absolute atomic E-state index is 5.22. The molecule has 0 aliphatic rings. The Balaban J connectivity index is 4.46. The van der Waals surface area contributed by atoms with Crippen LogP contribution in [0.15, 0.2) is 29.5 Å². The molecule has 0 saturated heterocycles. The standard InChI is InChI=1S/C10H20N4/c1-8(2)14-10(13-6-5-11)9(3)7-12-4/h5-6,8,12H,3,7,11H2,1-2,4H3,(H,13,14)/b6-5-. The van der Waals surface area contributed by atoms with Crippen LogP contribution in [0.4, 0.5) is 0 Å². The number of nitrogens with one attached hydrogen (secondary N) is 2. The van der Waals surface area contributed by atoms with Crippen molar-refractivity contribution in [1.29, 1.82) is 0 Å². The Morgan fingerprint density at radius 3 is 2.64 bits per heavy atom. The van der Waals surface area contributed by atoms with Crippen molar-refractivity contribution >= 4 is 5.84 Å². The van der Waals surface area contributed by atoms with Gasteiger partial charge in [-0.15, -0.1) is 0 Å². The van der Waals surface area contributed by atoms with E-state index in [-0.39, 0.29) is 0 Å². The molecule has 80 valence electrons. The first-order valence-corrected chi connectivity index (χ1v) is 4.65. The maximum atomic E-state index is 5.22. The average Bonchev–Trinajstić information content (AvgIpc) is 2.12. The molecular weight excluding hydrogens is 176 g/mol. The van der Waals surface area contributed by atoms with E-state index in [1.54, 1.807) is 6.20 Å². The zero-order chi connectivity index (χ0) is 11.0. The van der Waals surface area contributed by atoms with Crippen LogP contribution in [0.5, 0.6) is 0 Å². The molecule has 4 heteroatoms. The number of nitrogens with zero attached hydrogens (tertiary/aromatic N) is 1. The van der Waals surface area contributed by atoms with Gasteiger partial charge in [-0.3, -0.25) is 0 Å². The lowest BCUT2D eigenvalue weighted by atomic mass is 10.2. The molecule has 4 nitrogen and oxygen atoms in total. The van der Waals surface area contributed by atoms with Gasteiger partial charge < -0.3 is 16.4 Å². The van der Waals surface area contributed by atoms with Crippen molar-refractivity contribution in [2.75, 3.05) is 13.6 Å². The van der Waals surface area contributed by atoms with Crippen molar-refractivity contribution in [3.05, 3.63) is 24.6 Å². The van der Waals surface area contributed by atoms with Crippen LogP contribution in [0.25, 0.3) is 0 Å². The predicted octanol–water partition coefficient (Wildman–Crippen LogP) is 0.588. The molecule has 0 bridgehead atoms. The zero-order valence-corrected chi connectivity index (χ0v) is 9.17. The van der Waals surface area contributed by atoms with E-state index in [2.05, 4.69) is 22.2 Å². The highest BCUT2D eigenvalue weighted by Crippen LogP contribution is 1.94. The highest BCUT2D eigenvalue weighted by molar-refractivity contribution is 5.98. The number of rotatable bonds is 5. The van der Waals surface area contributed by atoms with E-state index in [0.29, 0.717) is 12.6 Å². The second kappa shape index (κ2) is 7.15. The van der Waals surface area contributed by atoms with Gasteiger partial charge >= 0.3 is 0 Å². The normalized spacial score (nSPS) is 12.4. The van der Waals surface area contributed by atoms with E-state index >= 15 is 0 Å². The quantitative estimate of drug-likeness (QED) is 0.445. The van der Waals surface area contributed by atoms with Gasteiger partial charge in [0.05, 0.1) is 0 Å². The third kappa shape index (κ3) is 5.37. The first kappa shape index (κ1) is 12.7. The Morgan fingerprint density at radius 2 is 2.21 bits per heavy atom. The number of nitrogens with two attached hydrogens (primary N) is 1. The Bertz CT molecular complexity index is 228. The first-order valence-electron chi connectivity index (χ1n) is 4.65. The Hall–Kier alpha value is -1.29. The minimum Gasteiger partial charge on any atom is -0.403 e. The van der Waals surface area contributed by atoms with Gasteiger partial charge in [-0.1, -0.05) is 6.58 Å². The maximum Gasteiger partial charge on any atom is 0.130 e. The minimum absolute atomic E-state index is 0.327. The third-order valence-electron chi connectivity index (χ3n) is 1.44. The van der Waals surface area contributed by atoms with Gasteiger partial charge in [0.1, 0.15) is 5.84 Å². The number of hydrogen-bond donors (Lipinski definition) is 3. The van der Waals surface area contributed by atoms with Gasteiger partial charge in [-0.2, -0.15) is 0 Å². The van der Waals surface area contributed by atoms with Crippen LogP contribution >= 0.6 is 0 Å². The molecule has 14 heavy (non-hydrogen) atoms. The van der Waals surface area contributed by atoms with Crippen LogP contribution in [0, 0.1) is 0 Å². The zero-order valence-electron chi connectivity index (χ0n) is 9.17. The summed E-state index contributed by atoms with van der Waals surface area (Å²) in [6.45, 7) is 8.73. The molecule has 0 radical (unpaired) electrons. The Labute approximate surface area is 86.0 Å². The van der Waals surface area contributed by atoms with Crippen LogP contribution < -0.4 is 16.4 Å². The molecule has 0 aromatic rings. The van der Waals surface area contributed by atoms with Crippen molar-refractivity contribution < 1.29 is 0 Å². The fraction of sp³-hybridized carbons (Fsp3) is 0.500. The van der Waals surface area contributed by atoms with Crippen molar-refractivity contribution in [2.24, 2.45) is 10.7 Å². The highest BCUT2D eigenvalue weighted by Gasteiger charge is 2.03. The molecule has 4 N–H and O–H groups in total. The van der Waals surface area contributed by atoms with E-state index in [9.17, 15) is 0 Å². The lowest BCUT2D eigenvalue weighted by Gasteiger charge is -2.14. The summed E-state index contributed by atoms with van der Waals surface area (Å²) >= 11 is 0. The van der Waals surface area contributed by atoms with Gasteiger partial charge in [0, 0.05) is 30.6 Å². The van der Waals surface area contributed by atoms with Crippen LogP contribution in [-0.4, -0.2) is 25.5 Å². The van der Waals surface area contributed by atoms with Gasteiger partial charge in [-0.05, 0) is 20.9 Å². The number of hydrogen-bond acceptors (Lipinski definition) is 3. The van der Waals surface area contributed by atoms with Crippen molar-refractivity contribution in [1.82, 2.24) is 10.6 Å². The summed E-state index contributed by atoms with van der Waals surface area (Å²) in [5, 5.41) is 6.22. The summed E-state index contributed by atoms with van der Waals surface area (Å²) in [6, 6.07) is 0.327. The molecule has 0 saturated carbocycles. The molecule has 0 amide bonds. The van der Waals surface area contributed by atoms with Crippen LogP contribution in [0.3, 0.4) is 0 Å². The summed E-state index contributed by atoms with van der Waals surface area (Å²) in [4.78, 5) is 4.16. The molecule has 0 fully saturated rings. The molecule has 0 aliphatic heterocycles. The van der Waals surface area contributed by atoms with Gasteiger partial charge in [0.2, 0.25) is 0 Å². The van der Waals surface area contributed by atoms with Crippen molar-refractivity contribution in [3.8, 4) is 0 Å². The van der Waals surface area contributed by atoms with E-state index in [1.807, 2.05) is 20.9 Å². The molecule has 0 spiro atoms. The highest BCUT2D eigenvalue weighted by atomic mass is 15.0. The smallest absolute Gasteiger partial charge is 0.130 e. The Kier molecular flexibility index (Phi) is 6.49. The first-order chi connectivity index (χ1) is 6.61. The van der Waals surface area contributed by atoms with E-state index in [1.165, 1.54) is 6.20 Å². The van der Waals surface area contributed by atoms with Crippen molar-refractivity contribution in [3.63, 3.8) is 0 Å². The predicted molar refractivity (Wildman–Crippen MR) is 62.1 cm³/mol. The average molecular weight is 196 g/mol. The van der Waals surface area contributed by atoms with Crippen LogP contribution in [0.1, 0.15) is 13.8 Å². The minimum atomic E-state index is 0.327. The fourth-order valence-corrected chi connectivity index (χ4v) is 0.919. The lowest BCUT2D eigenvalue weighted by Crippen LogP contribution is -2.33. The third-order valence-corrected chi connectivity index (χ3v) is 1.44. The van der Waals surface area contributed by atoms with E-state index < -0.39 is 0 Å². The molecule has 0 rings (SSSR count). The number of likely N-dealkylation sites (N-methyl/N-ethyl adjacent to an activating group) is 1. The number of amidine groups is 1. The molecular formula is C10H20N4. The fourth-order valence-electron chi connectivity index (χ4n) is 0.919. The number of aliphatic imine (C=N–C) groups is 1. The molecule has 0 heterocycles. The summed E-state index contributed by atoms with van der Waals surface area (Å²) in [7, 11) is 1.87. The molecule has 0 aromatic carbocycles. The lowest BCUT2D eigenvalue weighted by molar-refractivity contribution is 0.728. The van der Waals surface area contributed by atoms with Gasteiger partial charge in [-0.25, -0.2) is 4.99 Å². The van der Waals surface area contributed by atoms with Gasteiger partial charge in [0.25, 0.3) is 0 Å². The van der Waals surface area contributed by atoms with Crippen molar-refractivity contribution in [2.45, 2.75) is 19.9 Å². The molecule has 0 aromatic heterocycles. The second-order valence-electron chi connectivity index (χ2n) is 3.25. The van der Waals surface area contributed by atoms with Gasteiger partial charge in [0.15, 0.2) is 0 Å². The van der Waals surface area contributed by atoms with E-state index in [0.717, 1.165) is 11.4 Å². The summed E-state index contributed by atoms with van der Waals surface area (Å²) in [5.41, 5.74) is 6.14.